The van der Waals surface area contributed by atoms with Crippen LogP contribution in [0.25, 0.3) is 39.7 Å². The van der Waals surface area contributed by atoms with Crippen molar-refractivity contribution in [3.8, 4) is 51.2 Å². The number of alkyl halides is 3. The van der Waals surface area contributed by atoms with Crippen LogP contribution in [0.4, 0.5) is 13.2 Å². The molecule has 0 unspecified atom stereocenters. The average Bonchev–Trinajstić information content (AvgIpc) is 3.38. The third-order valence-electron chi connectivity index (χ3n) is 5.74. The standard InChI is InChI=1S/C28H21F3N4O2/c1-36-21-12-8-19(9-13-21)24-16-25(20-10-14-22(37-2)15-11-20)35(34-24)27-32-23(18-6-4-3-5-7-18)17-26(33-27)28(29,30)31/h3-17H,1-2H3. The Morgan fingerprint density at radius 2 is 1.22 bits per heavy atom. The minimum atomic E-state index is -4.67. The predicted octanol–water partition coefficient (Wildman–Crippen LogP) is 6.70. The highest BCUT2D eigenvalue weighted by Crippen LogP contribution is 2.34. The van der Waals surface area contributed by atoms with Crippen LogP contribution >= 0.6 is 0 Å². The van der Waals surface area contributed by atoms with Crippen molar-refractivity contribution in [2.24, 2.45) is 0 Å². The zero-order valence-electron chi connectivity index (χ0n) is 19.9. The Balaban J connectivity index is 1.72. The molecule has 186 valence electrons. The van der Waals surface area contributed by atoms with Crippen LogP contribution in [-0.2, 0) is 6.18 Å². The highest BCUT2D eigenvalue weighted by Gasteiger charge is 2.34. The topological polar surface area (TPSA) is 62.1 Å². The summed E-state index contributed by atoms with van der Waals surface area (Å²) in [6.07, 6.45) is -4.67. The largest absolute Gasteiger partial charge is 0.497 e. The molecule has 0 radical (unpaired) electrons. The second-order valence-corrected chi connectivity index (χ2v) is 8.09. The number of rotatable bonds is 6. The molecule has 5 rings (SSSR count). The molecule has 2 heterocycles. The van der Waals surface area contributed by atoms with E-state index in [1.807, 2.05) is 12.1 Å². The second-order valence-electron chi connectivity index (χ2n) is 8.09. The van der Waals surface area contributed by atoms with Crippen molar-refractivity contribution in [2.75, 3.05) is 14.2 Å². The minimum Gasteiger partial charge on any atom is -0.497 e. The third-order valence-corrected chi connectivity index (χ3v) is 5.74. The molecule has 9 heteroatoms. The molecular formula is C28H21F3N4O2. The van der Waals surface area contributed by atoms with Crippen LogP contribution < -0.4 is 9.47 Å². The van der Waals surface area contributed by atoms with Gasteiger partial charge in [0, 0.05) is 16.7 Å². The van der Waals surface area contributed by atoms with E-state index in [9.17, 15) is 13.2 Å². The van der Waals surface area contributed by atoms with Gasteiger partial charge in [-0.25, -0.2) is 9.97 Å². The van der Waals surface area contributed by atoms with Crippen LogP contribution in [0, 0.1) is 0 Å². The van der Waals surface area contributed by atoms with Gasteiger partial charge in [-0.2, -0.15) is 23.0 Å². The number of methoxy groups -OCH3 is 2. The fourth-order valence-corrected chi connectivity index (χ4v) is 3.84. The van der Waals surface area contributed by atoms with E-state index in [1.165, 1.54) is 4.68 Å². The van der Waals surface area contributed by atoms with E-state index in [0.29, 0.717) is 34.0 Å². The maximum absolute atomic E-state index is 13.9. The maximum atomic E-state index is 13.9. The van der Waals surface area contributed by atoms with Gasteiger partial charge >= 0.3 is 6.18 Å². The van der Waals surface area contributed by atoms with Gasteiger partial charge in [-0.1, -0.05) is 30.3 Å². The van der Waals surface area contributed by atoms with E-state index in [-0.39, 0.29) is 11.6 Å². The Kier molecular flexibility index (Phi) is 6.35. The van der Waals surface area contributed by atoms with Gasteiger partial charge in [-0.15, -0.1) is 0 Å². The maximum Gasteiger partial charge on any atom is 0.433 e. The van der Waals surface area contributed by atoms with Crippen molar-refractivity contribution >= 4 is 0 Å². The van der Waals surface area contributed by atoms with Crippen molar-refractivity contribution in [1.82, 2.24) is 19.7 Å². The number of ether oxygens (including phenoxy) is 2. The van der Waals surface area contributed by atoms with E-state index in [2.05, 4.69) is 15.1 Å². The summed E-state index contributed by atoms with van der Waals surface area (Å²) >= 11 is 0. The first-order valence-electron chi connectivity index (χ1n) is 11.3. The molecule has 0 spiro atoms. The summed E-state index contributed by atoms with van der Waals surface area (Å²) in [5.74, 6) is 1.12. The van der Waals surface area contributed by atoms with Gasteiger partial charge in [-0.05, 0) is 60.7 Å². The molecule has 0 atom stereocenters. The second kappa shape index (κ2) is 9.77. The normalized spacial score (nSPS) is 11.4. The van der Waals surface area contributed by atoms with Gasteiger partial charge in [0.2, 0.25) is 0 Å². The first-order valence-corrected chi connectivity index (χ1v) is 11.3. The summed E-state index contributed by atoms with van der Waals surface area (Å²) < 4.78 is 53.5. The summed E-state index contributed by atoms with van der Waals surface area (Å²) in [5.41, 5.74) is 2.13. The van der Waals surface area contributed by atoms with Crippen LogP contribution in [0.1, 0.15) is 5.69 Å². The lowest BCUT2D eigenvalue weighted by molar-refractivity contribution is -0.141. The van der Waals surface area contributed by atoms with Gasteiger partial charge in [-0.3, -0.25) is 0 Å². The Hall–Kier alpha value is -4.66. The first kappa shape index (κ1) is 24.1. The number of nitrogens with zero attached hydrogens (tertiary/aromatic N) is 4. The summed E-state index contributed by atoms with van der Waals surface area (Å²) in [4.78, 5) is 8.36. The average molecular weight is 502 g/mol. The Bertz CT molecular complexity index is 1510. The molecule has 0 saturated carbocycles. The van der Waals surface area contributed by atoms with Crippen LogP contribution in [0.5, 0.6) is 11.5 Å². The van der Waals surface area contributed by atoms with Gasteiger partial charge in [0.25, 0.3) is 5.95 Å². The number of hydrogen-bond acceptors (Lipinski definition) is 5. The highest BCUT2D eigenvalue weighted by atomic mass is 19.4. The van der Waals surface area contributed by atoms with Crippen molar-refractivity contribution < 1.29 is 22.6 Å². The van der Waals surface area contributed by atoms with E-state index in [4.69, 9.17) is 9.47 Å². The highest BCUT2D eigenvalue weighted by molar-refractivity contribution is 5.71. The van der Waals surface area contributed by atoms with Crippen molar-refractivity contribution in [3.63, 3.8) is 0 Å². The monoisotopic (exact) mass is 502 g/mol. The smallest absolute Gasteiger partial charge is 0.433 e. The lowest BCUT2D eigenvalue weighted by Gasteiger charge is -2.12. The molecule has 0 saturated heterocycles. The van der Waals surface area contributed by atoms with Crippen LogP contribution in [0.15, 0.2) is 91.0 Å². The molecule has 0 bridgehead atoms. The number of hydrogen-bond donors (Lipinski definition) is 0. The predicted molar refractivity (Wildman–Crippen MR) is 134 cm³/mol. The molecule has 0 aliphatic carbocycles. The Morgan fingerprint density at radius 3 is 1.78 bits per heavy atom. The molecule has 3 aromatic carbocycles. The van der Waals surface area contributed by atoms with Crippen molar-refractivity contribution in [1.29, 1.82) is 0 Å². The summed E-state index contributed by atoms with van der Waals surface area (Å²) in [7, 11) is 3.13. The third kappa shape index (κ3) is 5.02. The molecule has 6 nitrogen and oxygen atoms in total. The molecule has 0 aliphatic rings. The zero-order valence-corrected chi connectivity index (χ0v) is 19.9. The molecule has 0 amide bonds. The lowest BCUT2D eigenvalue weighted by Crippen LogP contribution is -2.14. The van der Waals surface area contributed by atoms with Crippen LogP contribution in [0.3, 0.4) is 0 Å². The summed E-state index contributed by atoms with van der Waals surface area (Å²) in [6.45, 7) is 0. The molecule has 0 aliphatic heterocycles. The van der Waals surface area contributed by atoms with Gasteiger partial charge in [0.1, 0.15) is 11.5 Å². The van der Waals surface area contributed by atoms with E-state index in [1.54, 1.807) is 87.0 Å². The minimum absolute atomic E-state index is 0.139. The lowest BCUT2D eigenvalue weighted by atomic mass is 10.1. The fraction of sp³-hybridized carbons (Fsp3) is 0.107. The first-order chi connectivity index (χ1) is 17.9. The Morgan fingerprint density at radius 1 is 0.649 bits per heavy atom. The molecule has 37 heavy (non-hydrogen) atoms. The zero-order chi connectivity index (χ0) is 26.0. The number of aromatic nitrogens is 4. The SMILES string of the molecule is COc1ccc(-c2cc(-c3ccc(OC)cc3)n(-c3nc(-c4ccccc4)cc(C(F)(F)F)n3)n2)cc1. The van der Waals surface area contributed by atoms with Crippen molar-refractivity contribution in [2.45, 2.75) is 6.18 Å². The molecule has 0 fully saturated rings. The molecule has 5 aromatic rings. The van der Waals surface area contributed by atoms with Crippen molar-refractivity contribution in [3.05, 3.63) is 96.7 Å². The fourth-order valence-electron chi connectivity index (χ4n) is 3.84. The quantitative estimate of drug-likeness (QED) is 0.259. The van der Waals surface area contributed by atoms with Crippen LogP contribution in [0.2, 0.25) is 0 Å². The molecule has 2 aromatic heterocycles. The van der Waals surface area contributed by atoms with E-state index in [0.717, 1.165) is 11.6 Å². The van der Waals surface area contributed by atoms with Gasteiger partial charge in [0.05, 0.1) is 31.3 Å². The number of halogens is 3. The van der Waals surface area contributed by atoms with Gasteiger partial charge in [0.15, 0.2) is 5.69 Å². The number of benzene rings is 3. The van der Waals surface area contributed by atoms with Crippen LogP contribution in [-0.4, -0.2) is 34.0 Å². The molecule has 0 N–H and O–H groups in total. The summed E-state index contributed by atoms with van der Waals surface area (Å²) in [5, 5.41) is 4.64. The summed E-state index contributed by atoms with van der Waals surface area (Å²) in [6, 6.07) is 25.7. The Labute approximate surface area is 211 Å². The van der Waals surface area contributed by atoms with E-state index < -0.39 is 11.9 Å². The molecular weight excluding hydrogens is 481 g/mol. The van der Waals surface area contributed by atoms with E-state index >= 15 is 0 Å². The van der Waals surface area contributed by atoms with Gasteiger partial charge < -0.3 is 9.47 Å².